The summed E-state index contributed by atoms with van der Waals surface area (Å²) in [6.45, 7) is 2.02. The van der Waals surface area contributed by atoms with Gasteiger partial charge in [0.15, 0.2) is 0 Å². The van der Waals surface area contributed by atoms with Gasteiger partial charge in [0.05, 0.1) is 12.1 Å². The lowest BCUT2D eigenvalue weighted by atomic mass is 10.0. The SMILES string of the molecule is Cc1ccccc1NC1=C(c2ccc(F)cc2)C(=O)N(Cc2ccc(Cl)cc2)C1=O. The number of rotatable bonds is 5. The smallest absolute Gasteiger partial charge is 0.278 e. The average molecular weight is 421 g/mol. The minimum Gasteiger partial charge on any atom is -0.350 e. The minimum absolute atomic E-state index is 0.110. The van der Waals surface area contributed by atoms with Gasteiger partial charge in [-0.15, -0.1) is 0 Å². The Balaban J connectivity index is 1.74. The van der Waals surface area contributed by atoms with Crippen molar-refractivity contribution in [2.24, 2.45) is 0 Å². The van der Waals surface area contributed by atoms with Crippen LogP contribution in [0.3, 0.4) is 0 Å². The maximum Gasteiger partial charge on any atom is 0.278 e. The molecule has 30 heavy (non-hydrogen) atoms. The first kappa shape index (κ1) is 19.9. The fourth-order valence-electron chi connectivity index (χ4n) is 3.34. The maximum absolute atomic E-state index is 13.4. The molecule has 0 saturated heterocycles. The highest BCUT2D eigenvalue weighted by molar-refractivity contribution is 6.36. The Kier molecular flexibility index (Phi) is 5.38. The molecule has 1 heterocycles. The number of carbonyl (C=O) groups excluding carboxylic acids is 2. The Bertz CT molecular complexity index is 1150. The van der Waals surface area contributed by atoms with Crippen LogP contribution in [-0.4, -0.2) is 16.7 Å². The molecule has 6 heteroatoms. The van der Waals surface area contributed by atoms with Gasteiger partial charge in [-0.3, -0.25) is 14.5 Å². The Morgan fingerprint density at radius 3 is 2.23 bits per heavy atom. The van der Waals surface area contributed by atoms with Crippen molar-refractivity contribution in [3.63, 3.8) is 0 Å². The maximum atomic E-state index is 13.4. The van der Waals surface area contributed by atoms with Crippen LogP contribution >= 0.6 is 11.6 Å². The van der Waals surface area contributed by atoms with Crippen molar-refractivity contribution in [1.29, 1.82) is 0 Å². The van der Waals surface area contributed by atoms with Crippen LogP contribution in [0.4, 0.5) is 10.1 Å². The van der Waals surface area contributed by atoms with Crippen LogP contribution in [0.1, 0.15) is 16.7 Å². The summed E-state index contributed by atoms with van der Waals surface area (Å²) in [5, 5.41) is 3.70. The molecule has 1 aliphatic heterocycles. The lowest BCUT2D eigenvalue weighted by Gasteiger charge is -2.16. The molecule has 3 aromatic carbocycles. The predicted octanol–water partition coefficient (Wildman–Crippen LogP) is 5.18. The van der Waals surface area contributed by atoms with E-state index >= 15 is 0 Å². The van der Waals surface area contributed by atoms with Crippen molar-refractivity contribution in [1.82, 2.24) is 4.90 Å². The molecule has 0 unspecified atom stereocenters. The number of nitrogens with one attached hydrogen (secondary N) is 1. The molecular weight excluding hydrogens is 403 g/mol. The van der Waals surface area contributed by atoms with Gasteiger partial charge in [-0.1, -0.05) is 54.1 Å². The van der Waals surface area contributed by atoms with E-state index in [1.807, 2.05) is 31.2 Å². The van der Waals surface area contributed by atoms with E-state index in [0.717, 1.165) is 16.8 Å². The second-order valence-electron chi connectivity index (χ2n) is 7.02. The molecule has 1 N–H and O–H groups in total. The average Bonchev–Trinajstić information content (AvgIpc) is 2.96. The third-order valence-electron chi connectivity index (χ3n) is 4.96. The summed E-state index contributed by atoms with van der Waals surface area (Å²) in [6, 6.07) is 20.0. The fraction of sp³-hybridized carbons (Fsp3) is 0.0833. The highest BCUT2D eigenvalue weighted by Crippen LogP contribution is 2.32. The zero-order chi connectivity index (χ0) is 21.3. The molecule has 0 spiro atoms. The first-order chi connectivity index (χ1) is 14.4. The van der Waals surface area contributed by atoms with Gasteiger partial charge in [-0.2, -0.15) is 0 Å². The summed E-state index contributed by atoms with van der Waals surface area (Å²) in [6.07, 6.45) is 0. The van der Waals surface area contributed by atoms with Gasteiger partial charge < -0.3 is 5.32 Å². The number of hydrogen-bond donors (Lipinski definition) is 1. The van der Waals surface area contributed by atoms with Crippen LogP contribution in [0.5, 0.6) is 0 Å². The largest absolute Gasteiger partial charge is 0.350 e. The van der Waals surface area contributed by atoms with Crippen molar-refractivity contribution in [2.45, 2.75) is 13.5 Å². The number of para-hydroxylation sites is 1. The number of nitrogens with zero attached hydrogens (tertiary/aromatic N) is 1. The van der Waals surface area contributed by atoms with Crippen LogP contribution in [0.15, 0.2) is 78.5 Å². The molecule has 2 amide bonds. The molecular formula is C24H18ClFN2O2. The number of halogens is 2. The van der Waals surface area contributed by atoms with Crippen molar-refractivity contribution in [3.05, 3.63) is 106 Å². The summed E-state index contributed by atoms with van der Waals surface area (Å²) >= 11 is 5.93. The molecule has 3 aromatic rings. The Morgan fingerprint density at radius 2 is 1.57 bits per heavy atom. The molecule has 0 atom stereocenters. The number of amides is 2. The molecule has 0 aliphatic carbocycles. The Labute approximate surface area is 178 Å². The number of carbonyl (C=O) groups is 2. The van der Waals surface area contributed by atoms with E-state index in [1.54, 1.807) is 24.3 Å². The summed E-state index contributed by atoms with van der Waals surface area (Å²) in [5.41, 5.74) is 3.30. The van der Waals surface area contributed by atoms with E-state index in [1.165, 1.54) is 29.2 Å². The molecule has 0 fully saturated rings. The third kappa shape index (κ3) is 3.84. The van der Waals surface area contributed by atoms with Crippen molar-refractivity contribution >= 4 is 34.7 Å². The normalized spacial score (nSPS) is 13.9. The second kappa shape index (κ2) is 8.13. The van der Waals surface area contributed by atoms with E-state index < -0.39 is 17.6 Å². The van der Waals surface area contributed by atoms with Crippen LogP contribution in [0.2, 0.25) is 5.02 Å². The van der Waals surface area contributed by atoms with E-state index in [2.05, 4.69) is 5.32 Å². The fourth-order valence-corrected chi connectivity index (χ4v) is 3.47. The topological polar surface area (TPSA) is 49.4 Å². The summed E-state index contributed by atoms with van der Waals surface area (Å²) < 4.78 is 13.4. The molecule has 0 radical (unpaired) electrons. The van der Waals surface area contributed by atoms with Crippen molar-refractivity contribution in [3.8, 4) is 0 Å². The molecule has 0 aromatic heterocycles. The van der Waals surface area contributed by atoms with Gasteiger partial charge in [-0.25, -0.2) is 4.39 Å². The monoisotopic (exact) mass is 420 g/mol. The third-order valence-corrected chi connectivity index (χ3v) is 5.21. The zero-order valence-electron chi connectivity index (χ0n) is 16.2. The van der Waals surface area contributed by atoms with Gasteiger partial charge in [-0.05, 0) is 53.9 Å². The summed E-state index contributed by atoms with van der Waals surface area (Å²) in [4.78, 5) is 27.7. The lowest BCUT2D eigenvalue weighted by molar-refractivity contribution is -0.137. The van der Waals surface area contributed by atoms with E-state index in [0.29, 0.717) is 10.6 Å². The van der Waals surface area contributed by atoms with Crippen LogP contribution in [0.25, 0.3) is 5.57 Å². The van der Waals surface area contributed by atoms with Crippen LogP contribution < -0.4 is 5.32 Å². The quantitative estimate of drug-likeness (QED) is 0.578. The molecule has 4 rings (SSSR count). The highest BCUT2D eigenvalue weighted by Gasteiger charge is 2.39. The van der Waals surface area contributed by atoms with Crippen LogP contribution in [-0.2, 0) is 16.1 Å². The number of benzene rings is 3. The Morgan fingerprint density at radius 1 is 0.900 bits per heavy atom. The van der Waals surface area contributed by atoms with Gasteiger partial charge in [0, 0.05) is 10.7 Å². The lowest BCUT2D eigenvalue weighted by Crippen LogP contribution is -2.32. The van der Waals surface area contributed by atoms with Crippen molar-refractivity contribution in [2.75, 3.05) is 5.32 Å². The van der Waals surface area contributed by atoms with Gasteiger partial charge in [0.25, 0.3) is 11.8 Å². The number of anilines is 1. The van der Waals surface area contributed by atoms with Gasteiger partial charge in [0.1, 0.15) is 11.5 Å². The van der Waals surface area contributed by atoms with E-state index in [-0.39, 0.29) is 17.8 Å². The van der Waals surface area contributed by atoms with E-state index in [9.17, 15) is 14.0 Å². The first-order valence-corrected chi connectivity index (χ1v) is 9.75. The zero-order valence-corrected chi connectivity index (χ0v) is 16.9. The van der Waals surface area contributed by atoms with Gasteiger partial charge >= 0.3 is 0 Å². The van der Waals surface area contributed by atoms with E-state index in [4.69, 9.17) is 11.6 Å². The standard InChI is InChI=1S/C24H18ClFN2O2/c1-15-4-2-3-5-20(15)27-22-21(17-8-12-19(26)13-9-17)23(29)28(24(22)30)14-16-6-10-18(25)11-7-16/h2-13,27H,14H2,1H3. The molecule has 150 valence electrons. The second-order valence-corrected chi connectivity index (χ2v) is 7.46. The molecule has 0 bridgehead atoms. The molecule has 1 aliphatic rings. The Hall–Kier alpha value is -3.44. The summed E-state index contributed by atoms with van der Waals surface area (Å²) in [7, 11) is 0. The van der Waals surface area contributed by atoms with Gasteiger partial charge in [0.2, 0.25) is 0 Å². The van der Waals surface area contributed by atoms with Crippen LogP contribution in [0, 0.1) is 12.7 Å². The number of aryl methyl sites for hydroxylation is 1. The number of hydrogen-bond acceptors (Lipinski definition) is 3. The number of imide groups is 1. The van der Waals surface area contributed by atoms with Crippen molar-refractivity contribution < 1.29 is 14.0 Å². The minimum atomic E-state index is -0.433. The summed E-state index contributed by atoms with van der Waals surface area (Å²) in [5.74, 6) is -1.28. The molecule has 4 nitrogen and oxygen atoms in total. The first-order valence-electron chi connectivity index (χ1n) is 9.37. The molecule has 0 saturated carbocycles. The predicted molar refractivity (Wildman–Crippen MR) is 115 cm³/mol. The highest BCUT2D eigenvalue weighted by atomic mass is 35.5.